The van der Waals surface area contributed by atoms with Gasteiger partial charge in [0.25, 0.3) is 0 Å². The summed E-state index contributed by atoms with van der Waals surface area (Å²) in [5.74, 6) is -0.300. The van der Waals surface area contributed by atoms with Crippen LogP contribution in [-0.2, 0) is 9.53 Å². The molecule has 0 saturated carbocycles. The second kappa shape index (κ2) is 5.24. The lowest BCUT2D eigenvalue weighted by Crippen LogP contribution is -2.38. The third-order valence-corrected chi connectivity index (χ3v) is 3.01. The van der Waals surface area contributed by atoms with Gasteiger partial charge in [0.1, 0.15) is 6.54 Å². The molecule has 1 rings (SSSR count). The number of carbonyl (C=O) groups excluding carboxylic acids is 1. The van der Waals surface area contributed by atoms with Crippen LogP contribution in [0.1, 0.15) is 20.3 Å². The molecular weight excluding hydrogens is 200 g/mol. The molecule has 1 fully saturated rings. The molecule has 4 nitrogen and oxygen atoms in total. The zero-order valence-corrected chi connectivity index (χ0v) is 9.56. The van der Waals surface area contributed by atoms with E-state index >= 15 is 0 Å². The number of thioether (sulfide) groups is 1. The van der Waals surface area contributed by atoms with Gasteiger partial charge in [-0.15, -0.1) is 0 Å². The maximum absolute atomic E-state index is 10.9. The molecule has 1 N–H and O–H groups in total. The molecule has 2 atom stereocenters. The van der Waals surface area contributed by atoms with Gasteiger partial charge in [-0.2, -0.15) is 0 Å². The first-order valence-electron chi connectivity index (χ1n) is 4.66. The molecule has 2 unspecified atom stereocenters. The highest BCUT2D eigenvalue weighted by Gasteiger charge is 2.19. The number of esters is 1. The Hall–Kier alpha value is -0.710. The molecule has 0 amide bonds. The maximum atomic E-state index is 10.9. The summed E-state index contributed by atoms with van der Waals surface area (Å²) < 4.78 is 4.51. The molecule has 0 spiro atoms. The van der Waals surface area contributed by atoms with Crippen LogP contribution >= 0.6 is 11.8 Å². The van der Waals surface area contributed by atoms with Gasteiger partial charge in [0.2, 0.25) is 0 Å². The van der Waals surface area contributed by atoms with Crippen molar-refractivity contribution in [1.82, 2.24) is 5.32 Å². The fourth-order valence-corrected chi connectivity index (χ4v) is 2.50. The van der Waals surface area contributed by atoms with Crippen LogP contribution in [0.4, 0.5) is 0 Å². The molecule has 0 aromatic rings. The number of aliphatic imine (C=N–C) groups is 1. The molecule has 5 heteroatoms. The summed E-state index contributed by atoms with van der Waals surface area (Å²) in [6.45, 7) is 4.38. The predicted octanol–water partition coefficient (Wildman–Crippen LogP) is 1.02. The van der Waals surface area contributed by atoms with Gasteiger partial charge in [-0.05, 0) is 13.3 Å². The summed E-state index contributed by atoms with van der Waals surface area (Å²) in [4.78, 5) is 15.0. The summed E-state index contributed by atoms with van der Waals surface area (Å²) in [7, 11) is 1.37. The lowest BCUT2D eigenvalue weighted by Gasteiger charge is -2.26. The topological polar surface area (TPSA) is 50.7 Å². The van der Waals surface area contributed by atoms with E-state index in [-0.39, 0.29) is 12.5 Å². The number of nitrogens with one attached hydrogen (secondary N) is 1. The molecule has 0 aromatic heterocycles. The Labute approximate surface area is 88.5 Å². The molecule has 1 heterocycles. The fourth-order valence-electron chi connectivity index (χ4n) is 1.32. The first-order chi connectivity index (χ1) is 6.61. The third-order valence-electron chi connectivity index (χ3n) is 1.95. The Kier molecular flexibility index (Phi) is 4.25. The predicted molar refractivity (Wildman–Crippen MR) is 58.6 cm³/mol. The zero-order valence-electron chi connectivity index (χ0n) is 8.74. The number of hydrogen-bond donors (Lipinski definition) is 1. The van der Waals surface area contributed by atoms with Crippen molar-refractivity contribution in [1.29, 1.82) is 0 Å². The lowest BCUT2D eigenvalue weighted by atomic mass is 10.2. The molecular formula is C9H16N2O2S. The normalized spacial score (nSPS) is 29.8. The highest BCUT2D eigenvalue weighted by Crippen LogP contribution is 2.21. The van der Waals surface area contributed by atoms with E-state index in [1.165, 1.54) is 7.11 Å². The van der Waals surface area contributed by atoms with E-state index in [0.717, 1.165) is 11.6 Å². The number of methoxy groups -OCH3 is 1. The number of ether oxygens (including phenoxy) is 1. The molecule has 0 aliphatic carbocycles. The summed E-state index contributed by atoms with van der Waals surface area (Å²) in [5, 5.41) is 4.64. The second-order valence-electron chi connectivity index (χ2n) is 3.41. The van der Waals surface area contributed by atoms with Gasteiger partial charge in [0.15, 0.2) is 5.17 Å². The van der Waals surface area contributed by atoms with Gasteiger partial charge in [-0.1, -0.05) is 18.7 Å². The standard InChI is InChI=1S/C9H16N2O2S/c1-6-4-7(2)14-9(11-6)10-5-8(12)13-3/h6-7H,4-5H2,1-3H3,(H,10,11). The van der Waals surface area contributed by atoms with Crippen molar-refractivity contribution in [3.05, 3.63) is 0 Å². The van der Waals surface area contributed by atoms with Gasteiger partial charge >= 0.3 is 5.97 Å². The number of amidine groups is 1. The average Bonchev–Trinajstić information content (AvgIpc) is 2.12. The van der Waals surface area contributed by atoms with Gasteiger partial charge in [0.05, 0.1) is 7.11 Å². The largest absolute Gasteiger partial charge is 0.468 e. The summed E-state index contributed by atoms with van der Waals surface area (Å²) in [5.41, 5.74) is 0. The van der Waals surface area contributed by atoms with Crippen LogP contribution in [0.5, 0.6) is 0 Å². The van der Waals surface area contributed by atoms with Crippen molar-refractivity contribution in [3.8, 4) is 0 Å². The molecule has 0 radical (unpaired) electrons. The van der Waals surface area contributed by atoms with Crippen LogP contribution in [0, 0.1) is 0 Å². The first-order valence-corrected chi connectivity index (χ1v) is 5.54. The monoisotopic (exact) mass is 216 g/mol. The summed E-state index contributed by atoms with van der Waals surface area (Å²) in [6, 6.07) is 0.433. The molecule has 14 heavy (non-hydrogen) atoms. The SMILES string of the molecule is COC(=O)CN=C1NC(C)CC(C)S1. The summed E-state index contributed by atoms with van der Waals surface area (Å²) >= 11 is 1.67. The molecule has 0 bridgehead atoms. The number of carbonyl (C=O) groups is 1. The van der Waals surface area contributed by atoms with E-state index in [1.54, 1.807) is 11.8 Å². The van der Waals surface area contributed by atoms with Crippen LogP contribution in [-0.4, -0.2) is 36.1 Å². The zero-order chi connectivity index (χ0) is 10.6. The van der Waals surface area contributed by atoms with Crippen molar-refractivity contribution in [3.63, 3.8) is 0 Å². The molecule has 0 aromatic carbocycles. The number of rotatable bonds is 2. The highest BCUT2D eigenvalue weighted by molar-refractivity contribution is 8.14. The Bertz CT molecular complexity index is 231. The van der Waals surface area contributed by atoms with E-state index in [1.807, 2.05) is 0 Å². The van der Waals surface area contributed by atoms with E-state index < -0.39 is 0 Å². The average molecular weight is 216 g/mol. The minimum absolute atomic E-state index is 0.102. The Morgan fingerprint density at radius 2 is 2.43 bits per heavy atom. The highest BCUT2D eigenvalue weighted by atomic mass is 32.2. The van der Waals surface area contributed by atoms with Crippen molar-refractivity contribution < 1.29 is 9.53 Å². The van der Waals surface area contributed by atoms with Crippen LogP contribution in [0.3, 0.4) is 0 Å². The van der Waals surface area contributed by atoms with Gasteiger partial charge in [-0.3, -0.25) is 9.79 Å². The van der Waals surface area contributed by atoms with Crippen LogP contribution in [0.15, 0.2) is 4.99 Å². The number of hydrogen-bond acceptors (Lipinski definition) is 4. The lowest BCUT2D eigenvalue weighted by molar-refractivity contribution is -0.138. The fraction of sp³-hybridized carbons (Fsp3) is 0.778. The van der Waals surface area contributed by atoms with Crippen molar-refractivity contribution in [2.24, 2.45) is 4.99 Å². The van der Waals surface area contributed by atoms with Crippen LogP contribution in [0.25, 0.3) is 0 Å². The van der Waals surface area contributed by atoms with Gasteiger partial charge in [0, 0.05) is 11.3 Å². The van der Waals surface area contributed by atoms with Crippen LogP contribution < -0.4 is 5.32 Å². The molecule has 1 aliphatic rings. The van der Waals surface area contributed by atoms with E-state index in [2.05, 4.69) is 28.9 Å². The second-order valence-corrected chi connectivity index (χ2v) is 4.83. The van der Waals surface area contributed by atoms with E-state index in [4.69, 9.17) is 0 Å². The molecule has 1 aliphatic heterocycles. The maximum Gasteiger partial charge on any atom is 0.327 e. The third kappa shape index (κ3) is 3.57. The van der Waals surface area contributed by atoms with E-state index in [9.17, 15) is 4.79 Å². The van der Waals surface area contributed by atoms with Crippen LogP contribution in [0.2, 0.25) is 0 Å². The van der Waals surface area contributed by atoms with Crippen molar-refractivity contribution in [2.45, 2.75) is 31.6 Å². The van der Waals surface area contributed by atoms with E-state index in [0.29, 0.717) is 11.3 Å². The Morgan fingerprint density at radius 3 is 3.00 bits per heavy atom. The Morgan fingerprint density at radius 1 is 1.71 bits per heavy atom. The molecule has 80 valence electrons. The minimum Gasteiger partial charge on any atom is -0.468 e. The Balaban J connectivity index is 2.46. The molecule has 1 saturated heterocycles. The van der Waals surface area contributed by atoms with Gasteiger partial charge in [-0.25, -0.2) is 0 Å². The van der Waals surface area contributed by atoms with Crippen molar-refractivity contribution in [2.75, 3.05) is 13.7 Å². The smallest absolute Gasteiger partial charge is 0.327 e. The van der Waals surface area contributed by atoms with Crippen molar-refractivity contribution >= 4 is 22.9 Å². The minimum atomic E-state index is -0.300. The quantitative estimate of drug-likeness (QED) is 0.700. The van der Waals surface area contributed by atoms with Gasteiger partial charge < -0.3 is 10.1 Å². The number of nitrogens with zero attached hydrogens (tertiary/aromatic N) is 1. The summed E-state index contributed by atoms with van der Waals surface area (Å²) in [6.07, 6.45) is 1.13. The first kappa shape index (κ1) is 11.4.